The lowest BCUT2D eigenvalue weighted by Gasteiger charge is -2.31. The van der Waals surface area contributed by atoms with Crippen LogP contribution in [-0.2, 0) is 38.8 Å². The molecule has 3 aromatic carbocycles. The maximum atomic E-state index is 13.3. The van der Waals surface area contributed by atoms with Gasteiger partial charge in [-0.2, -0.15) is 0 Å². The maximum absolute atomic E-state index is 13.3. The van der Waals surface area contributed by atoms with E-state index in [0.717, 1.165) is 16.7 Å². The Morgan fingerprint density at radius 3 is 1.66 bits per heavy atom. The second kappa shape index (κ2) is 13.0. The molecule has 0 bridgehead atoms. The Morgan fingerprint density at radius 1 is 0.737 bits per heavy atom. The molecule has 38 heavy (non-hydrogen) atoms. The molecule has 7 heteroatoms. The highest BCUT2D eigenvalue weighted by molar-refractivity contribution is 5.69. The first-order valence-corrected chi connectivity index (χ1v) is 12.9. The van der Waals surface area contributed by atoms with Crippen LogP contribution in [-0.4, -0.2) is 52.8 Å². The van der Waals surface area contributed by atoms with Crippen LogP contribution in [0.15, 0.2) is 91.0 Å². The number of likely N-dealkylation sites (tertiary alicyclic amines) is 1. The van der Waals surface area contributed by atoms with Crippen LogP contribution in [0.5, 0.6) is 0 Å². The Hall–Kier alpha value is -3.23. The monoisotopic (exact) mass is 519 g/mol. The summed E-state index contributed by atoms with van der Waals surface area (Å²) in [6, 6.07) is 28.6. The van der Waals surface area contributed by atoms with E-state index < -0.39 is 36.2 Å². The first-order valence-electron chi connectivity index (χ1n) is 12.9. The predicted molar refractivity (Wildman–Crippen MR) is 144 cm³/mol. The van der Waals surface area contributed by atoms with Crippen LogP contribution in [0.3, 0.4) is 0 Å². The zero-order valence-corrected chi connectivity index (χ0v) is 22.2. The molecule has 4 atom stereocenters. The van der Waals surface area contributed by atoms with Crippen LogP contribution in [0.1, 0.15) is 37.5 Å². The molecule has 1 fully saturated rings. The van der Waals surface area contributed by atoms with Gasteiger partial charge in [0.05, 0.1) is 32.5 Å². The molecule has 1 amide bonds. The smallest absolute Gasteiger partial charge is 0.412 e. The number of aliphatic hydroxyl groups is 1. The van der Waals surface area contributed by atoms with Crippen molar-refractivity contribution in [2.75, 3.05) is 6.61 Å². The third kappa shape index (κ3) is 7.65. The molecule has 1 aliphatic rings. The second-order valence-electron chi connectivity index (χ2n) is 10.4. The Morgan fingerprint density at radius 2 is 1.18 bits per heavy atom. The third-order valence-electron chi connectivity index (χ3n) is 6.21. The summed E-state index contributed by atoms with van der Waals surface area (Å²) in [6.45, 7) is 6.42. The van der Waals surface area contributed by atoms with E-state index >= 15 is 0 Å². The van der Waals surface area contributed by atoms with Gasteiger partial charge in [0, 0.05) is 0 Å². The fourth-order valence-corrected chi connectivity index (χ4v) is 4.43. The SMILES string of the molecule is CC(C)(C)OC(=O)N1C(O)[C@@H](OCc2ccccc2)[C@H](OCc2ccccc2)[C@H]1COCc1ccccc1. The van der Waals surface area contributed by atoms with Crippen LogP contribution >= 0.6 is 0 Å². The first-order chi connectivity index (χ1) is 18.3. The van der Waals surface area contributed by atoms with Crippen LogP contribution in [0.25, 0.3) is 0 Å². The van der Waals surface area contributed by atoms with Crippen molar-refractivity contribution in [3.05, 3.63) is 108 Å². The van der Waals surface area contributed by atoms with E-state index in [2.05, 4.69) is 0 Å². The molecule has 1 aliphatic heterocycles. The van der Waals surface area contributed by atoms with E-state index in [1.807, 2.05) is 91.0 Å². The van der Waals surface area contributed by atoms with Crippen molar-refractivity contribution < 1.29 is 28.8 Å². The molecule has 4 rings (SSSR count). The number of amides is 1. The van der Waals surface area contributed by atoms with Crippen molar-refractivity contribution in [1.82, 2.24) is 4.90 Å². The second-order valence-corrected chi connectivity index (χ2v) is 10.4. The van der Waals surface area contributed by atoms with Crippen molar-refractivity contribution >= 4 is 6.09 Å². The van der Waals surface area contributed by atoms with E-state index in [-0.39, 0.29) is 13.2 Å². The van der Waals surface area contributed by atoms with Gasteiger partial charge in [-0.3, -0.25) is 4.90 Å². The number of rotatable bonds is 10. The summed E-state index contributed by atoms with van der Waals surface area (Å²) in [7, 11) is 0. The maximum Gasteiger partial charge on any atom is 0.412 e. The Bertz CT molecular complexity index is 1120. The standard InChI is InChI=1S/C31H37NO6/c1-31(2,3)38-30(34)32-26(22-35-19-23-13-7-4-8-14-23)27(36-20-24-15-9-5-10-16-24)28(29(32)33)37-21-25-17-11-6-12-18-25/h4-18,26-29,33H,19-22H2,1-3H3/t26-,27-,28+,29?/m1/s1. The van der Waals surface area contributed by atoms with Gasteiger partial charge in [-0.15, -0.1) is 0 Å². The number of benzene rings is 3. The Labute approximate surface area is 224 Å². The number of hydrogen-bond donors (Lipinski definition) is 1. The van der Waals surface area contributed by atoms with Gasteiger partial charge < -0.3 is 24.1 Å². The van der Waals surface area contributed by atoms with E-state index in [9.17, 15) is 9.90 Å². The molecule has 0 radical (unpaired) electrons. The minimum atomic E-state index is -1.28. The highest BCUT2D eigenvalue weighted by Gasteiger charge is 2.53. The van der Waals surface area contributed by atoms with Gasteiger partial charge >= 0.3 is 6.09 Å². The molecular weight excluding hydrogens is 482 g/mol. The van der Waals surface area contributed by atoms with Gasteiger partial charge in [-0.25, -0.2) is 4.79 Å². The number of ether oxygens (including phenoxy) is 4. The van der Waals surface area contributed by atoms with E-state index in [0.29, 0.717) is 13.2 Å². The lowest BCUT2D eigenvalue weighted by atomic mass is 10.1. The third-order valence-corrected chi connectivity index (χ3v) is 6.21. The number of carbonyl (C=O) groups is 1. The minimum absolute atomic E-state index is 0.135. The summed E-state index contributed by atoms with van der Waals surface area (Å²) in [5, 5.41) is 11.4. The molecule has 0 spiro atoms. The predicted octanol–water partition coefficient (Wildman–Crippen LogP) is 5.31. The minimum Gasteiger partial charge on any atom is -0.444 e. The van der Waals surface area contributed by atoms with Gasteiger partial charge in [0.25, 0.3) is 0 Å². The fourth-order valence-electron chi connectivity index (χ4n) is 4.43. The number of nitrogens with zero attached hydrogens (tertiary/aromatic N) is 1. The topological polar surface area (TPSA) is 77.5 Å². The quantitative estimate of drug-likeness (QED) is 0.391. The largest absolute Gasteiger partial charge is 0.444 e. The number of hydrogen-bond acceptors (Lipinski definition) is 6. The molecule has 1 heterocycles. The van der Waals surface area contributed by atoms with E-state index in [1.165, 1.54) is 4.90 Å². The summed E-state index contributed by atoms with van der Waals surface area (Å²) in [4.78, 5) is 14.6. The molecule has 0 aliphatic carbocycles. The van der Waals surface area contributed by atoms with Gasteiger partial charge in [-0.1, -0.05) is 91.0 Å². The Kier molecular flexibility index (Phi) is 9.53. The summed E-state index contributed by atoms with van der Waals surface area (Å²) < 4.78 is 24.3. The molecule has 202 valence electrons. The number of aliphatic hydroxyl groups excluding tert-OH is 1. The molecule has 0 aromatic heterocycles. The first kappa shape index (κ1) is 27.8. The highest BCUT2D eigenvalue weighted by atomic mass is 16.6. The number of carbonyl (C=O) groups excluding carboxylic acids is 1. The van der Waals surface area contributed by atoms with Gasteiger partial charge in [0.1, 0.15) is 17.8 Å². The van der Waals surface area contributed by atoms with Gasteiger partial charge in [-0.05, 0) is 37.5 Å². The average Bonchev–Trinajstić information content (AvgIpc) is 3.17. The van der Waals surface area contributed by atoms with Gasteiger partial charge in [0.15, 0.2) is 6.23 Å². The Balaban J connectivity index is 1.58. The van der Waals surface area contributed by atoms with Crippen molar-refractivity contribution in [2.45, 2.75) is 70.7 Å². The molecule has 1 unspecified atom stereocenters. The summed E-state index contributed by atoms with van der Waals surface area (Å²) in [6.07, 6.45) is -3.38. The lowest BCUT2D eigenvalue weighted by Crippen LogP contribution is -2.48. The molecule has 1 saturated heterocycles. The average molecular weight is 520 g/mol. The van der Waals surface area contributed by atoms with Crippen LogP contribution in [0.4, 0.5) is 4.79 Å². The van der Waals surface area contributed by atoms with Crippen molar-refractivity contribution in [1.29, 1.82) is 0 Å². The summed E-state index contributed by atoms with van der Waals surface area (Å²) in [5.74, 6) is 0. The van der Waals surface area contributed by atoms with Crippen molar-refractivity contribution in [3.63, 3.8) is 0 Å². The van der Waals surface area contributed by atoms with Crippen LogP contribution < -0.4 is 0 Å². The lowest BCUT2D eigenvalue weighted by molar-refractivity contribution is -0.115. The highest BCUT2D eigenvalue weighted by Crippen LogP contribution is 2.32. The van der Waals surface area contributed by atoms with Crippen molar-refractivity contribution in [3.8, 4) is 0 Å². The van der Waals surface area contributed by atoms with Crippen molar-refractivity contribution in [2.24, 2.45) is 0 Å². The summed E-state index contributed by atoms with van der Waals surface area (Å²) in [5.41, 5.74) is 2.20. The molecular formula is C31H37NO6. The van der Waals surface area contributed by atoms with Gasteiger partial charge in [0.2, 0.25) is 0 Å². The summed E-state index contributed by atoms with van der Waals surface area (Å²) >= 11 is 0. The normalized spacial score (nSPS) is 21.4. The molecule has 7 nitrogen and oxygen atoms in total. The van der Waals surface area contributed by atoms with Crippen LogP contribution in [0.2, 0.25) is 0 Å². The zero-order valence-electron chi connectivity index (χ0n) is 22.2. The zero-order chi connectivity index (χ0) is 27.0. The molecule has 3 aromatic rings. The molecule has 0 saturated carbocycles. The van der Waals surface area contributed by atoms with E-state index in [4.69, 9.17) is 18.9 Å². The molecule has 1 N–H and O–H groups in total. The van der Waals surface area contributed by atoms with Crippen LogP contribution in [0, 0.1) is 0 Å². The fraction of sp³-hybridized carbons (Fsp3) is 0.387. The van der Waals surface area contributed by atoms with E-state index in [1.54, 1.807) is 20.8 Å².